The van der Waals surface area contributed by atoms with Crippen LogP contribution in [0.3, 0.4) is 0 Å². The van der Waals surface area contributed by atoms with Gasteiger partial charge in [-0.2, -0.15) is 0 Å². The SMILES string of the molecule is Cc1ncsc1-c1ccc(CNC(=O)[C@@H]2C[C@@H](O)CN2C(=O)C(NC(=O)CC(C)(C)CC(C)(C)CCN2CCN(C)[C@H](c3ccc(Nc4nc(-c5cccc(NC(=O)c6cc7c(s6)CCCC7)c5C)cn(C)c4=O)cc3)C2=O)C(C)(C)C)cc1. The molecule has 19 heteroatoms. The van der Waals surface area contributed by atoms with Crippen molar-refractivity contribution in [2.75, 3.05) is 43.9 Å². The molecule has 1 aliphatic carbocycles. The van der Waals surface area contributed by atoms with Gasteiger partial charge in [-0.1, -0.05) is 97.0 Å². The van der Waals surface area contributed by atoms with Gasteiger partial charge in [0.15, 0.2) is 5.82 Å². The lowest BCUT2D eigenvalue weighted by Crippen LogP contribution is -2.58. The molecule has 84 heavy (non-hydrogen) atoms. The van der Waals surface area contributed by atoms with Crippen molar-refractivity contribution in [1.82, 2.24) is 39.9 Å². The predicted octanol–water partition coefficient (Wildman–Crippen LogP) is 9.97. The molecule has 0 bridgehead atoms. The van der Waals surface area contributed by atoms with E-state index in [0.717, 1.165) is 64.1 Å². The van der Waals surface area contributed by atoms with Gasteiger partial charge in [-0.3, -0.25) is 33.7 Å². The third-order valence-corrected chi connectivity index (χ3v) is 18.9. The highest BCUT2D eigenvalue weighted by molar-refractivity contribution is 7.14. The number of benzene rings is 3. The molecule has 2 fully saturated rings. The normalized spacial score (nSPS) is 18.1. The maximum absolute atomic E-state index is 14.4. The molecule has 0 radical (unpaired) electrons. The van der Waals surface area contributed by atoms with Crippen molar-refractivity contribution in [2.24, 2.45) is 23.3 Å². The molecule has 446 valence electrons. The summed E-state index contributed by atoms with van der Waals surface area (Å²) in [7, 11) is 3.64. The molecule has 0 saturated carbocycles. The molecule has 2 saturated heterocycles. The third-order valence-electron chi connectivity index (χ3n) is 16.7. The van der Waals surface area contributed by atoms with Gasteiger partial charge in [0, 0.05) is 80.6 Å². The van der Waals surface area contributed by atoms with Crippen LogP contribution in [-0.2, 0) is 45.6 Å². The number of likely N-dealkylation sites (tertiary alicyclic amines) is 1. The second-order valence-corrected chi connectivity index (χ2v) is 27.9. The number of hydrogen-bond acceptors (Lipinski definition) is 13. The molecule has 6 aromatic rings. The zero-order chi connectivity index (χ0) is 60.4. The summed E-state index contributed by atoms with van der Waals surface area (Å²) in [6, 6.07) is 20.8. The van der Waals surface area contributed by atoms with Crippen molar-refractivity contribution in [3.63, 3.8) is 0 Å². The van der Waals surface area contributed by atoms with E-state index in [1.54, 1.807) is 35.9 Å². The van der Waals surface area contributed by atoms with Crippen LogP contribution in [0.5, 0.6) is 0 Å². The second kappa shape index (κ2) is 25.3. The van der Waals surface area contributed by atoms with Crippen molar-refractivity contribution in [3.8, 4) is 21.7 Å². The number of nitrogens with zero attached hydrogens (tertiary/aromatic N) is 6. The average molecular weight is 1180 g/mol. The number of carbonyl (C=O) groups excluding carboxylic acids is 5. The number of fused-ring (bicyclic) bond motifs is 1. The van der Waals surface area contributed by atoms with E-state index in [9.17, 15) is 33.9 Å². The van der Waals surface area contributed by atoms with Gasteiger partial charge in [0.25, 0.3) is 11.5 Å². The second-order valence-electron chi connectivity index (χ2n) is 25.9. The van der Waals surface area contributed by atoms with E-state index in [1.165, 1.54) is 19.9 Å². The van der Waals surface area contributed by atoms with E-state index < -0.39 is 41.0 Å². The van der Waals surface area contributed by atoms with Crippen LogP contribution in [0.2, 0.25) is 0 Å². The Kier molecular flexibility index (Phi) is 18.5. The number of rotatable bonds is 19. The minimum atomic E-state index is -0.951. The number of aryl methyl sites for hydroxylation is 4. The van der Waals surface area contributed by atoms with Gasteiger partial charge < -0.3 is 40.7 Å². The number of piperazine rings is 1. The van der Waals surface area contributed by atoms with Crippen molar-refractivity contribution < 1.29 is 29.1 Å². The Morgan fingerprint density at radius 1 is 0.881 bits per heavy atom. The van der Waals surface area contributed by atoms with Gasteiger partial charge in [-0.05, 0) is 128 Å². The minimum absolute atomic E-state index is 0.00137. The molecule has 0 spiro atoms. The molecular formula is C65H82N10O7S2. The number of aliphatic hydroxyl groups excluding tert-OH is 1. The van der Waals surface area contributed by atoms with Crippen molar-refractivity contribution in [1.29, 1.82) is 0 Å². The summed E-state index contributed by atoms with van der Waals surface area (Å²) in [6.07, 6.45) is 6.75. The lowest BCUT2D eigenvalue weighted by molar-refractivity contribution is -0.144. The number of hydrogen-bond donors (Lipinski definition) is 5. The number of aromatic nitrogens is 3. The fourth-order valence-corrected chi connectivity index (χ4v) is 14.3. The van der Waals surface area contributed by atoms with Crippen molar-refractivity contribution >= 4 is 69.4 Å². The average Bonchev–Trinajstić information content (AvgIpc) is 3.84. The lowest BCUT2D eigenvalue weighted by Gasteiger charge is -2.41. The zero-order valence-electron chi connectivity index (χ0n) is 50.5. The third kappa shape index (κ3) is 14.4. The number of β-amino-alcohol motifs (C(OH)–C–C–N with tert-alkyl or cyclic N) is 1. The Bertz CT molecular complexity index is 3450. The van der Waals surface area contributed by atoms with E-state index >= 15 is 0 Å². The highest BCUT2D eigenvalue weighted by Gasteiger charge is 2.45. The van der Waals surface area contributed by atoms with Gasteiger partial charge in [0.1, 0.15) is 18.1 Å². The fraction of sp³-hybridized carbons (Fsp3) is 0.477. The van der Waals surface area contributed by atoms with Crippen LogP contribution in [0.25, 0.3) is 21.7 Å². The Balaban J connectivity index is 0.778. The van der Waals surface area contributed by atoms with Crippen LogP contribution >= 0.6 is 22.7 Å². The molecule has 3 aliphatic rings. The van der Waals surface area contributed by atoms with Gasteiger partial charge in [-0.15, -0.1) is 22.7 Å². The smallest absolute Gasteiger partial charge is 0.293 e. The van der Waals surface area contributed by atoms with Crippen LogP contribution < -0.4 is 26.8 Å². The Morgan fingerprint density at radius 3 is 2.30 bits per heavy atom. The van der Waals surface area contributed by atoms with Gasteiger partial charge in [0.2, 0.25) is 23.6 Å². The van der Waals surface area contributed by atoms with E-state index in [4.69, 9.17) is 4.98 Å². The number of anilines is 3. The topological polar surface area (TPSA) is 211 Å². The first-order valence-corrected chi connectivity index (χ1v) is 31.0. The van der Waals surface area contributed by atoms with Crippen LogP contribution in [0.15, 0.2) is 89.3 Å². The molecule has 2 aliphatic heterocycles. The number of aliphatic hydroxyl groups is 1. The number of thiophene rings is 1. The van der Waals surface area contributed by atoms with Gasteiger partial charge >= 0.3 is 0 Å². The molecule has 5 amide bonds. The monoisotopic (exact) mass is 1180 g/mol. The lowest BCUT2D eigenvalue weighted by atomic mass is 9.71. The summed E-state index contributed by atoms with van der Waals surface area (Å²) >= 11 is 3.15. The molecule has 3 aromatic heterocycles. The number of likely N-dealkylation sites (N-methyl/N-ethyl adjacent to an activating group) is 1. The molecule has 9 rings (SSSR count). The fourth-order valence-electron chi connectivity index (χ4n) is 12.3. The summed E-state index contributed by atoms with van der Waals surface area (Å²) in [6.45, 7) is 20.0. The Morgan fingerprint density at radius 2 is 1.61 bits per heavy atom. The van der Waals surface area contributed by atoms with Gasteiger partial charge in [0.05, 0.1) is 32.8 Å². The highest BCUT2D eigenvalue weighted by Crippen LogP contribution is 2.40. The first-order chi connectivity index (χ1) is 39.7. The Labute approximate surface area is 501 Å². The van der Waals surface area contributed by atoms with Crippen LogP contribution in [0.4, 0.5) is 17.2 Å². The number of amides is 5. The highest BCUT2D eigenvalue weighted by atomic mass is 32.1. The number of thiazole rings is 1. The molecule has 17 nitrogen and oxygen atoms in total. The summed E-state index contributed by atoms with van der Waals surface area (Å²) in [5, 5.41) is 23.2. The maximum atomic E-state index is 14.4. The number of carbonyl (C=O) groups is 5. The summed E-state index contributed by atoms with van der Waals surface area (Å²) in [4.78, 5) is 101. The molecule has 5 N–H and O–H groups in total. The first-order valence-electron chi connectivity index (χ1n) is 29.3. The first kappa shape index (κ1) is 61.5. The molecule has 1 unspecified atom stereocenters. The zero-order valence-corrected chi connectivity index (χ0v) is 52.1. The molecule has 3 aromatic carbocycles. The van der Waals surface area contributed by atoms with E-state index in [-0.39, 0.29) is 66.4 Å². The van der Waals surface area contributed by atoms with Crippen LogP contribution in [-0.4, -0.2) is 115 Å². The molecular weight excluding hydrogens is 1100 g/mol. The van der Waals surface area contributed by atoms with Crippen LogP contribution in [0.1, 0.15) is 136 Å². The predicted molar refractivity (Wildman–Crippen MR) is 333 cm³/mol. The molecule has 4 atom stereocenters. The molecule has 5 heterocycles. The van der Waals surface area contributed by atoms with E-state index in [2.05, 4.69) is 45.0 Å². The standard InChI is InChI=1S/C65H82N10O7S2/c1-39-47(16-14-17-48(39)70-59(79)52-31-44-15-12-13-18-51(44)84-52)49-36-73(11)62(82)57(69-49)68-45-25-23-42(24-26-45)54-60(80)74(30-29-72(54)10)28-27-64(6,7)37-65(8,9)33-53(77)71-56(63(3,4)5)61(81)75-35-46(76)32-50(75)58(78)66-34-41-19-21-43(22-20-41)55-40(2)67-38-83-55/h14,16-17,19-26,31,36,38,46,50,54,56,76H,12-13,15,18,27-30,32-35,37H2,1-11H3,(H,66,78)(H,68,69)(H,70,79)(H,71,77)/t46-,50+,54-,56?/m1/s1. The Hall–Kier alpha value is -7.06. The van der Waals surface area contributed by atoms with Crippen LogP contribution in [0, 0.1) is 30.1 Å². The summed E-state index contributed by atoms with van der Waals surface area (Å²) in [5.41, 5.74) is 8.54. The van der Waals surface area contributed by atoms with Crippen molar-refractivity contribution in [3.05, 3.63) is 133 Å². The van der Waals surface area contributed by atoms with E-state index in [1.807, 2.05) is 139 Å². The van der Waals surface area contributed by atoms with Crippen molar-refractivity contribution in [2.45, 2.75) is 144 Å². The van der Waals surface area contributed by atoms with E-state index in [0.29, 0.717) is 54.4 Å². The maximum Gasteiger partial charge on any atom is 0.293 e. The minimum Gasteiger partial charge on any atom is -0.391 e. The summed E-state index contributed by atoms with van der Waals surface area (Å²) in [5.74, 6) is -1.04. The largest absolute Gasteiger partial charge is 0.391 e. The quantitative estimate of drug-likeness (QED) is 0.0515. The van der Waals surface area contributed by atoms with Gasteiger partial charge in [-0.25, -0.2) is 9.97 Å². The number of nitrogens with one attached hydrogen (secondary N) is 4. The summed E-state index contributed by atoms with van der Waals surface area (Å²) < 4.78 is 1.49.